The van der Waals surface area contributed by atoms with Crippen LogP contribution in [0.15, 0.2) is 28.7 Å². The van der Waals surface area contributed by atoms with E-state index in [1.165, 1.54) is 0 Å². The molecular weight excluding hydrogens is 280 g/mol. The number of amides is 1. The van der Waals surface area contributed by atoms with Gasteiger partial charge in [-0.2, -0.15) is 0 Å². The number of benzene rings is 1. The minimum atomic E-state index is -0.495. The summed E-state index contributed by atoms with van der Waals surface area (Å²) in [5.41, 5.74) is 6.69. The Balaban J connectivity index is 2.58. The fourth-order valence-electron chi connectivity index (χ4n) is 1.33. The maximum Gasteiger partial charge on any atom is 0.237 e. The number of halogens is 1. The highest BCUT2D eigenvalue weighted by Gasteiger charge is 2.27. The molecule has 0 aliphatic rings. The Bertz CT molecular complexity index is 399. The topological polar surface area (TPSA) is 55.1 Å². The van der Waals surface area contributed by atoms with Crippen LogP contribution < -0.4 is 11.1 Å². The van der Waals surface area contributed by atoms with E-state index >= 15 is 0 Å². The zero-order valence-corrected chi connectivity index (χ0v) is 12.0. The van der Waals surface area contributed by atoms with Gasteiger partial charge in [-0.1, -0.05) is 54.9 Å². The van der Waals surface area contributed by atoms with Crippen LogP contribution in [0, 0.1) is 5.41 Å². The van der Waals surface area contributed by atoms with Gasteiger partial charge in [0, 0.05) is 11.0 Å². The molecule has 0 unspecified atom stereocenters. The summed E-state index contributed by atoms with van der Waals surface area (Å²) in [4.78, 5) is 11.8. The smallest absolute Gasteiger partial charge is 0.237 e. The fraction of sp³-hybridized carbons (Fsp3) is 0.462. The third-order valence-electron chi connectivity index (χ3n) is 2.63. The Morgan fingerprint density at radius 2 is 2.00 bits per heavy atom. The maximum atomic E-state index is 11.8. The lowest BCUT2D eigenvalue weighted by molar-refractivity contribution is -0.124. The van der Waals surface area contributed by atoms with Crippen LogP contribution in [0.1, 0.15) is 26.3 Å². The van der Waals surface area contributed by atoms with Crippen molar-refractivity contribution in [1.82, 2.24) is 5.32 Å². The minimum Gasteiger partial charge on any atom is -0.351 e. The van der Waals surface area contributed by atoms with Crippen LogP contribution in [0.2, 0.25) is 0 Å². The molecule has 0 fully saturated rings. The molecule has 3 N–H and O–H groups in total. The number of hydrogen-bond donors (Lipinski definition) is 2. The summed E-state index contributed by atoms with van der Waals surface area (Å²) < 4.78 is 0.990. The second-order valence-corrected chi connectivity index (χ2v) is 6.01. The lowest BCUT2D eigenvalue weighted by atomic mass is 9.87. The van der Waals surface area contributed by atoms with Crippen LogP contribution in [0.3, 0.4) is 0 Å². The molecule has 0 spiro atoms. The van der Waals surface area contributed by atoms with Gasteiger partial charge in [-0.05, 0) is 17.0 Å². The molecule has 17 heavy (non-hydrogen) atoms. The van der Waals surface area contributed by atoms with Crippen LogP contribution in [-0.4, -0.2) is 11.9 Å². The molecule has 0 aliphatic heterocycles. The number of hydrogen-bond acceptors (Lipinski definition) is 2. The van der Waals surface area contributed by atoms with Crippen LogP contribution in [0.5, 0.6) is 0 Å². The van der Waals surface area contributed by atoms with Crippen LogP contribution in [-0.2, 0) is 11.3 Å². The molecule has 1 rings (SSSR count). The Hall–Kier alpha value is -0.870. The largest absolute Gasteiger partial charge is 0.351 e. The summed E-state index contributed by atoms with van der Waals surface area (Å²) in [6.07, 6.45) is 0. The SMILES string of the molecule is CC(C)(C)[C@@H](N)C(=O)NCc1ccccc1Br. The van der Waals surface area contributed by atoms with Gasteiger partial charge >= 0.3 is 0 Å². The summed E-state index contributed by atoms with van der Waals surface area (Å²) in [5, 5.41) is 2.85. The van der Waals surface area contributed by atoms with Crippen molar-refractivity contribution in [3.8, 4) is 0 Å². The molecule has 0 heterocycles. The zero-order valence-electron chi connectivity index (χ0n) is 10.5. The normalized spacial score (nSPS) is 13.2. The maximum absolute atomic E-state index is 11.8. The van der Waals surface area contributed by atoms with Gasteiger partial charge in [0.05, 0.1) is 6.04 Å². The highest BCUT2D eigenvalue weighted by atomic mass is 79.9. The molecule has 0 radical (unpaired) electrons. The van der Waals surface area contributed by atoms with E-state index in [4.69, 9.17) is 5.73 Å². The Morgan fingerprint density at radius 3 is 2.53 bits per heavy atom. The van der Waals surface area contributed by atoms with E-state index in [1.807, 2.05) is 45.0 Å². The first-order valence-corrected chi connectivity index (χ1v) is 6.38. The van der Waals surface area contributed by atoms with Crippen molar-refractivity contribution in [3.05, 3.63) is 34.3 Å². The monoisotopic (exact) mass is 298 g/mol. The second kappa shape index (κ2) is 5.65. The summed E-state index contributed by atoms with van der Waals surface area (Å²) in [6, 6.07) is 7.30. The van der Waals surface area contributed by atoms with Crippen molar-refractivity contribution in [1.29, 1.82) is 0 Å². The van der Waals surface area contributed by atoms with Crippen molar-refractivity contribution in [2.75, 3.05) is 0 Å². The van der Waals surface area contributed by atoms with Gasteiger partial charge in [0.15, 0.2) is 0 Å². The first-order chi connectivity index (χ1) is 7.82. The number of carbonyl (C=O) groups excluding carboxylic acids is 1. The van der Waals surface area contributed by atoms with E-state index < -0.39 is 6.04 Å². The molecule has 1 aromatic rings. The molecule has 0 saturated heterocycles. The van der Waals surface area contributed by atoms with Crippen LogP contribution in [0.4, 0.5) is 0 Å². The number of carbonyl (C=O) groups is 1. The molecule has 1 amide bonds. The Kier molecular flexibility index (Phi) is 4.71. The average Bonchev–Trinajstić information content (AvgIpc) is 2.25. The minimum absolute atomic E-state index is 0.117. The van der Waals surface area contributed by atoms with Gasteiger partial charge < -0.3 is 11.1 Å². The lowest BCUT2D eigenvalue weighted by Crippen LogP contribution is -2.48. The average molecular weight is 299 g/mol. The summed E-state index contributed by atoms with van der Waals surface area (Å²) in [5.74, 6) is -0.117. The molecule has 4 heteroatoms. The molecule has 3 nitrogen and oxygen atoms in total. The Morgan fingerprint density at radius 1 is 1.41 bits per heavy atom. The van der Waals surface area contributed by atoms with Gasteiger partial charge in [-0.3, -0.25) is 4.79 Å². The van der Waals surface area contributed by atoms with Gasteiger partial charge in [-0.15, -0.1) is 0 Å². The van der Waals surface area contributed by atoms with Gasteiger partial charge in [0.2, 0.25) is 5.91 Å². The molecule has 0 aromatic heterocycles. The van der Waals surface area contributed by atoms with E-state index in [2.05, 4.69) is 21.2 Å². The van der Waals surface area contributed by atoms with E-state index in [9.17, 15) is 4.79 Å². The van der Waals surface area contributed by atoms with Crippen molar-refractivity contribution in [2.24, 2.45) is 11.1 Å². The van der Waals surface area contributed by atoms with Crippen LogP contribution >= 0.6 is 15.9 Å². The van der Waals surface area contributed by atoms with E-state index in [1.54, 1.807) is 0 Å². The summed E-state index contributed by atoms with van der Waals surface area (Å²) in [7, 11) is 0. The highest BCUT2D eigenvalue weighted by molar-refractivity contribution is 9.10. The second-order valence-electron chi connectivity index (χ2n) is 5.15. The predicted molar refractivity (Wildman–Crippen MR) is 73.4 cm³/mol. The molecule has 0 saturated carbocycles. The van der Waals surface area contributed by atoms with Crippen molar-refractivity contribution >= 4 is 21.8 Å². The number of nitrogens with one attached hydrogen (secondary N) is 1. The first kappa shape index (κ1) is 14.2. The van der Waals surface area contributed by atoms with Crippen LogP contribution in [0.25, 0.3) is 0 Å². The van der Waals surface area contributed by atoms with Gasteiger partial charge in [0.25, 0.3) is 0 Å². The summed E-state index contributed by atoms with van der Waals surface area (Å²) in [6.45, 7) is 6.35. The Labute approximate surface area is 111 Å². The summed E-state index contributed by atoms with van der Waals surface area (Å²) >= 11 is 3.44. The van der Waals surface area contributed by atoms with Crippen molar-refractivity contribution < 1.29 is 4.79 Å². The third kappa shape index (κ3) is 4.13. The molecule has 1 atom stereocenters. The lowest BCUT2D eigenvalue weighted by Gasteiger charge is -2.25. The standard InChI is InChI=1S/C13H19BrN2O/c1-13(2,3)11(15)12(17)16-8-9-6-4-5-7-10(9)14/h4-7,11H,8,15H2,1-3H3,(H,16,17)/t11-/m0/s1. The number of rotatable bonds is 3. The molecule has 0 aliphatic carbocycles. The van der Waals surface area contributed by atoms with Crippen molar-refractivity contribution in [2.45, 2.75) is 33.4 Å². The molecular formula is C13H19BrN2O. The van der Waals surface area contributed by atoms with E-state index in [0.717, 1.165) is 10.0 Å². The van der Waals surface area contributed by atoms with E-state index in [0.29, 0.717) is 6.54 Å². The molecule has 1 aromatic carbocycles. The van der Waals surface area contributed by atoms with Crippen molar-refractivity contribution in [3.63, 3.8) is 0 Å². The molecule has 0 bridgehead atoms. The third-order valence-corrected chi connectivity index (χ3v) is 3.40. The number of nitrogens with two attached hydrogens (primary N) is 1. The van der Waals surface area contributed by atoms with Gasteiger partial charge in [-0.25, -0.2) is 0 Å². The van der Waals surface area contributed by atoms with E-state index in [-0.39, 0.29) is 11.3 Å². The quantitative estimate of drug-likeness (QED) is 0.900. The highest BCUT2D eigenvalue weighted by Crippen LogP contribution is 2.18. The fourth-order valence-corrected chi connectivity index (χ4v) is 1.75. The van der Waals surface area contributed by atoms with Gasteiger partial charge in [0.1, 0.15) is 0 Å². The zero-order chi connectivity index (χ0) is 13.1. The molecule has 94 valence electrons. The first-order valence-electron chi connectivity index (χ1n) is 5.59. The predicted octanol–water partition coefficient (Wildman–Crippen LogP) is 2.44.